The molecule has 9 heavy (non-hydrogen) atoms. The molecule has 0 saturated carbocycles. The van der Waals surface area contributed by atoms with Gasteiger partial charge in [0, 0.05) is 0 Å². The molecule has 0 bridgehead atoms. The highest BCUT2D eigenvalue weighted by Gasteiger charge is 1.95. The van der Waals surface area contributed by atoms with Crippen molar-refractivity contribution in [3.05, 3.63) is 0 Å². The van der Waals surface area contributed by atoms with Gasteiger partial charge in [0.15, 0.2) is 0 Å². The maximum absolute atomic E-state index is 9.63. The van der Waals surface area contributed by atoms with E-state index in [0.29, 0.717) is 6.67 Å². The van der Waals surface area contributed by atoms with Crippen LogP contribution in [0.15, 0.2) is 15.1 Å². The molecule has 0 unspecified atom stereocenters. The van der Waals surface area contributed by atoms with Crippen LogP contribution in [-0.4, -0.2) is 30.4 Å². The second-order valence-corrected chi connectivity index (χ2v) is 1.33. The number of hydrogen-bond donors (Lipinski definition) is 0. The predicted octanol–water partition coefficient (Wildman–Crippen LogP) is -0.433. The first-order chi connectivity index (χ1) is 4.43. The highest BCUT2D eigenvalue weighted by Crippen LogP contribution is 1.87. The minimum Gasteiger partial charge on any atom is -0.250 e. The van der Waals surface area contributed by atoms with Crippen molar-refractivity contribution in [3.8, 4) is 0 Å². The van der Waals surface area contributed by atoms with Crippen molar-refractivity contribution in [1.29, 1.82) is 0 Å². The lowest BCUT2D eigenvalue weighted by Crippen LogP contribution is -2.17. The lowest BCUT2D eigenvalue weighted by atomic mass is 10.9. The summed E-state index contributed by atoms with van der Waals surface area (Å²) in [5, 5.41) is 4.53. The minimum atomic E-state index is 0.346. The Morgan fingerprint density at radius 3 is 3.22 bits per heavy atom. The molecule has 0 atom stereocenters. The summed E-state index contributed by atoms with van der Waals surface area (Å²) in [6.07, 6.45) is 4.17. The molecule has 0 aliphatic carbocycles. The molecule has 0 radical (unpaired) electrons. The molecule has 0 saturated heterocycles. The van der Waals surface area contributed by atoms with Gasteiger partial charge >= 0.3 is 0 Å². The molecule has 0 amide bonds. The average Bonchev–Trinajstić information content (AvgIpc) is 1.91. The Morgan fingerprint density at radius 1 is 1.78 bits per heavy atom. The maximum Gasteiger partial charge on any atom is 0.258 e. The van der Waals surface area contributed by atoms with Crippen LogP contribution in [0.25, 0.3) is 0 Å². The zero-order chi connectivity index (χ0) is 6.53. The van der Waals surface area contributed by atoms with Crippen molar-refractivity contribution in [2.45, 2.75) is 0 Å². The third kappa shape index (κ3) is 1.47. The Balaban J connectivity index is 2.55. The van der Waals surface area contributed by atoms with E-state index in [9.17, 15) is 4.79 Å². The van der Waals surface area contributed by atoms with Crippen LogP contribution in [0.2, 0.25) is 0 Å². The van der Waals surface area contributed by atoms with Gasteiger partial charge in [0.05, 0.1) is 0 Å². The second-order valence-electron chi connectivity index (χ2n) is 1.33. The molecule has 0 aromatic carbocycles. The number of hydrogen-bond acceptors (Lipinski definition) is 5. The van der Waals surface area contributed by atoms with Crippen molar-refractivity contribution in [2.24, 2.45) is 15.1 Å². The lowest BCUT2D eigenvalue weighted by Gasteiger charge is -2.07. The van der Waals surface area contributed by atoms with E-state index in [4.69, 9.17) is 0 Å². The lowest BCUT2D eigenvalue weighted by molar-refractivity contribution is 0.458. The van der Waals surface area contributed by atoms with E-state index in [1.165, 1.54) is 23.8 Å². The predicted molar refractivity (Wildman–Crippen MR) is 31.8 cm³/mol. The number of isocyanates is 1. The zero-order valence-electron chi connectivity index (χ0n) is 4.56. The van der Waals surface area contributed by atoms with Gasteiger partial charge in [0.2, 0.25) is 0 Å². The van der Waals surface area contributed by atoms with E-state index in [2.05, 4.69) is 15.1 Å². The summed E-state index contributed by atoms with van der Waals surface area (Å²) in [4.78, 5) is 16.9. The summed E-state index contributed by atoms with van der Waals surface area (Å²) >= 11 is 0. The van der Waals surface area contributed by atoms with Gasteiger partial charge in [-0.2, -0.15) is 0 Å². The van der Waals surface area contributed by atoms with Gasteiger partial charge in [-0.3, -0.25) is 0 Å². The summed E-state index contributed by atoms with van der Waals surface area (Å²) in [5.41, 5.74) is 0. The van der Waals surface area contributed by atoms with Gasteiger partial charge in [-0.05, 0) is 0 Å². The van der Waals surface area contributed by atoms with Crippen LogP contribution in [0.1, 0.15) is 0 Å². The molecule has 1 heterocycles. The van der Waals surface area contributed by atoms with E-state index in [1.54, 1.807) is 0 Å². The smallest absolute Gasteiger partial charge is 0.250 e. The fourth-order valence-electron chi connectivity index (χ4n) is 0.420. The first-order valence-corrected chi connectivity index (χ1v) is 2.29. The highest BCUT2D eigenvalue weighted by molar-refractivity contribution is 5.72. The molecule has 1 rings (SSSR count). The molecule has 5 nitrogen and oxygen atoms in total. The van der Waals surface area contributed by atoms with Gasteiger partial charge in [0.1, 0.15) is 19.3 Å². The van der Waals surface area contributed by atoms with Crippen LogP contribution in [0.5, 0.6) is 0 Å². The summed E-state index contributed by atoms with van der Waals surface area (Å²) in [6.45, 7) is 0.346. The molecule has 5 heteroatoms. The second kappa shape index (κ2) is 2.74. The molecular formula is C4H4N4O. The molecule has 1 aliphatic rings. The summed E-state index contributed by atoms with van der Waals surface area (Å²) in [7, 11) is 0. The fourth-order valence-corrected chi connectivity index (χ4v) is 0.420. The quantitative estimate of drug-likeness (QED) is 0.351. The Kier molecular flexibility index (Phi) is 1.72. The Hall–Kier alpha value is -1.48. The SMILES string of the molecule is O=C=NN1C=NC=NC1. The van der Waals surface area contributed by atoms with Gasteiger partial charge in [-0.15, -0.1) is 0 Å². The topological polar surface area (TPSA) is 57.4 Å². The molecule has 0 aromatic rings. The summed E-state index contributed by atoms with van der Waals surface area (Å²) in [5.74, 6) is 0. The van der Waals surface area contributed by atoms with Crippen molar-refractivity contribution in [2.75, 3.05) is 6.67 Å². The van der Waals surface area contributed by atoms with Gasteiger partial charge in [0.25, 0.3) is 6.08 Å². The molecule has 46 valence electrons. The first-order valence-electron chi connectivity index (χ1n) is 2.29. The van der Waals surface area contributed by atoms with E-state index in [1.807, 2.05) is 0 Å². The third-order valence-electron chi connectivity index (χ3n) is 0.744. The van der Waals surface area contributed by atoms with E-state index < -0.39 is 0 Å². The minimum absolute atomic E-state index is 0.346. The standard InChI is InChI=1S/C4H4N4O/c9-4-7-8-2-5-1-6-3-8/h1-2H,3H2. The van der Waals surface area contributed by atoms with Crippen LogP contribution < -0.4 is 0 Å². The molecule has 0 spiro atoms. The van der Waals surface area contributed by atoms with Crippen LogP contribution in [0, 0.1) is 0 Å². The van der Waals surface area contributed by atoms with Gasteiger partial charge in [-0.25, -0.2) is 19.8 Å². The van der Waals surface area contributed by atoms with Crippen LogP contribution in [-0.2, 0) is 4.79 Å². The number of rotatable bonds is 1. The molecule has 0 N–H and O–H groups in total. The Labute approximate surface area is 51.4 Å². The van der Waals surface area contributed by atoms with Crippen molar-refractivity contribution in [1.82, 2.24) is 5.01 Å². The van der Waals surface area contributed by atoms with Gasteiger partial charge in [-0.1, -0.05) is 5.10 Å². The van der Waals surface area contributed by atoms with Crippen LogP contribution in [0.4, 0.5) is 0 Å². The van der Waals surface area contributed by atoms with E-state index in [0.717, 1.165) is 0 Å². The number of nitrogens with zero attached hydrogens (tertiary/aromatic N) is 4. The maximum atomic E-state index is 9.63. The molecular weight excluding hydrogens is 120 g/mol. The van der Waals surface area contributed by atoms with Gasteiger partial charge < -0.3 is 0 Å². The van der Waals surface area contributed by atoms with E-state index in [-0.39, 0.29) is 0 Å². The number of hydrazone groups is 1. The summed E-state index contributed by atoms with van der Waals surface area (Å²) < 4.78 is 0. The monoisotopic (exact) mass is 124 g/mol. The van der Waals surface area contributed by atoms with Crippen LogP contribution in [0.3, 0.4) is 0 Å². The normalized spacial score (nSPS) is 15.3. The fraction of sp³-hybridized carbons (Fsp3) is 0.250. The van der Waals surface area contributed by atoms with Crippen LogP contribution >= 0.6 is 0 Å². The number of carbonyl (C=O) groups excluding carboxylic acids is 1. The Bertz CT molecular complexity index is 191. The number of aliphatic imine (C=N–C) groups is 2. The van der Waals surface area contributed by atoms with E-state index >= 15 is 0 Å². The largest absolute Gasteiger partial charge is 0.258 e. The Morgan fingerprint density at radius 2 is 2.67 bits per heavy atom. The van der Waals surface area contributed by atoms with Crippen molar-refractivity contribution in [3.63, 3.8) is 0 Å². The third-order valence-corrected chi connectivity index (χ3v) is 0.744. The molecule has 1 aliphatic heterocycles. The first kappa shape index (κ1) is 5.65. The average molecular weight is 124 g/mol. The molecule has 0 fully saturated rings. The summed E-state index contributed by atoms with van der Waals surface area (Å²) in [6, 6.07) is 0. The zero-order valence-corrected chi connectivity index (χ0v) is 4.56. The highest BCUT2D eigenvalue weighted by atomic mass is 16.1. The molecule has 0 aromatic heterocycles. The van der Waals surface area contributed by atoms with Crippen molar-refractivity contribution >= 4 is 18.8 Å². The van der Waals surface area contributed by atoms with Crippen molar-refractivity contribution < 1.29 is 4.79 Å².